The van der Waals surface area contributed by atoms with Gasteiger partial charge in [-0.05, 0) is 49.2 Å². The second-order valence-electron chi connectivity index (χ2n) is 6.41. The van der Waals surface area contributed by atoms with Crippen LogP contribution in [0.4, 0.5) is 0 Å². The lowest BCUT2D eigenvalue weighted by Gasteiger charge is -2.31. The van der Waals surface area contributed by atoms with Crippen molar-refractivity contribution in [3.8, 4) is 5.75 Å². The van der Waals surface area contributed by atoms with Gasteiger partial charge < -0.3 is 9.64 Å². The minimum absolute atomic E-state index is 0.0153. The van der Waals surface area contributed by atoms with Crippen LogP contribution in [0.15, 0.2) is 48.7 Å². The van der Waals surface area contributed by atoms with Crippen molar-refractivity contribution in [2.24, 2.45) is 0 Å². The number of aromatic nitrogens is 3. The predicted octanol–water partition coefficient (Wildman–Crippen LogP) is 3.17. The average molecular weight is 371 g/mol. The van der Waals surface area contributed by atoms with E-state index in [1.165, 1.54) is 0 Å². The standard InChI is InChI=1S/C19H19ClN4O2/c20-15-6-8-16(9-7-15)26-13-18(25)23-10-3-4-14(12-23)19-22-21-17-5-1-2-11-24(17)19/h1-2,5-9,11,14H,3-4,10,12-13H2/t14-/m0/s1. The molecular weight excluding hydrogens is 352 g/mol. The molecule has 0 saturated carbocycles. The Bertz CT molecular complexity index is 909. The number of nitrogens with zero attached hydrogens (tertiary/aromatic N) is 4. The van der Waals surface area contributed by atoms with Crippen LogP contribution in [0.25, 0.3) is 5.65 Å². The summed E-state index contributed by atoms with van der Waals surface area (Å²) in [6.45, 7) is 1.41. The lowest BCUT2D eigenvalue weighted by Crippen LogP contribution is -2.42. The Hall–Kier alpha value is -2.60. The van der Waals surface area contributed by atoms with E-state index in [-0.39, 0.29) is 18.4 Å². The maximum absolute atomic E-state index is 12.5. The van der Waals surface area contributed by atoms with E-state index in [1.54, 1.807) is 24.3 Å². The van der Waals surface area contributed by atoms with Gasteiger partial charge in [0.15, 0.2) is 12.3 Å². The molecule has 1 aliphatic heterocycles. The smallest absolute Gasteiger partial charge is 0.260 e. The van der Waals surface area contributed by atoms with Gasteiger partial charge in [-0.1, -0.05) is 17.7 Å². The van der Waals surface area contributed by atoms with Gasteiger partial charge in [0.2, 0.25) is 0 Å². The second kappa shape index (κ2) is 7.33. The fraction of sp³-hybridized carbons (Fsp3) is 0.316. The molecular formula is C19H19ClN4O2. The molecule has 0 N–H and O–H groups in total. The Labute approximate surface area is 156 Å². The number of carbonyl (C=O) groups is 1. The van der Waals surface area contributed by atoms with Gasteiger partial charge in [-0.25, -0.2) is 0 Å². The van der Waals surface area contributed by atoms with Crippen molar-refractivity contribution < 1.29 is 9.53 Å². The fourth-order valence-electron chi connectivity index (χ4n) is 3.32. The topological polar surface area (TPSA) is 59.7 Å². The fourth-order valence-corrected chi connectivity index (χ4v) is 3.45. The number of hydrogen-bond acceptors (Lipinski definition) is 4. The first-order chi connectivity index (χ1) is 12.7. The highest BCUT2D eigenvalue weighted by atomic mass is 35.5. The summed E-state index contributed by atoms with van der Waals surface area (Å²) < 4.78 is 7.59. The van der Waals surface area contributed by atoms with Gasteiger partial charge in [-0.3, -0.25) is 9.20 Å². The number of amides is 1. The molecule has 26 heavy (non-hydrogen) atoms. The molecule has 3 heterocycles. The van der Waals surface area contributed by atoms with Gasteiger partial charge in [-0.2, -0.15) is 0 Å². The summed E-state index contributed by atoms with van der Waals surface area (Å²) in [5, 5.41) is 9.21. The molecule has 2 aromatic heterocycles. The van der Waals surface area contributed by atoms with Gasteiger partial charge in [-0.15, -0.1) is 10.2 Å². The Kier molecular flexibility index (Phi) is 4.75. The van der Waals surface area contributed by atoms with E-state index in [0.29, 0.717) is 17.3 Å². The lowest BCUT2D eigenvalue weighted by atomic mass is 9.97. The third-order valence-corrected chi connectivity index (χ3v) is 4.91. The largest absolute Gasteiger partial charge is 0.484 e. The summed E-state index contributed by atoms with van der Waals surface area (Å²) >= 11 is 5.86. The summed E-state index contributed by atoms with van der Waals surface area (Å²) in [6.07, 6.45) is 3.91. The Morgan fingerprint density at radius 1 is 1.19 bits per heavy atom. The molecule has 1 fully saturated rings. The van der Waals surface area contributed by atoms with Crippen molar-refractivity contribution in [2.75, 3.05) is 19.7 Å². The van der Waals surface area contributed by atoms with Crippen LogP contribution in [0.3, 0.4) is 0 Å². The van der Waals surface area contributed by atoms with E-state index < -0.39 is 0 Å². The molecule has 7 heteroatoms. The number of ether oxygens (including phenoxy) is 1. The Morgan fingerprint density at radius 2 is 2.04 bits per heavy atom. The van der Waals surface area contributed by atoms with Crippen LogP contribution in [0.2, 0.25) is 5.02 Å². The molecule has 6 nitrogen and oxygen atoms in total. The first-order valence-corrected chi connectivity index (χ1v) is 9.04. The summed E-state index contributed by atoms with van der Waals surface area (Å²) in [6, 6.07) is 12.9. The highest BCUT2D eigenvalue weighted by molar-refractivity contribution is 6.30. The number of pyridine rings is 1. The van der Waals surface area contributed by atoms with Gasteiger partial charge >= 0.3 is 0 Å². The molecule has 1 saturated heterocycles. The van der Waals surface area contributed by atoms with Crippen molar-refractivity contribution in [3.05, 3.63) is 59.5 Å². The van der Waals surface area contributed by atoms with Crippen LogP contribution in [-0.4, -0.2) is 45.1 Å². The second-order valence-corrected chi connectivity index (χ2v) is 6.84. The normalized spacial score (nSPS) is 17.4. The van der Waals surface area contributed by atoms with E-state index in [1.807, 2.05) is 33.7 Å². The van der Waals surface area contributed by atoms with E-state index >= 15 is 0 Å². The molecule has 3 aromatic rings. The highest BCUT2D eigenvalue weighted by Crippen LogP contribution is 2.26. The molecule has 0 bridgehead atoms. The van der Waals surface area contributed by atoms with Crippen LogP contribution in [0, 0.1) is 0 Å². The molecule has 1 amide bonds. The summed E-state index contributed by atoms with van der Waals surface area (Å²) in [5.41, 5.74) is 0.831. The van der Waals surface area contributed by atoms with Crippen LogP contribution >= 0.6 is 11.6 Å². The van der Waals surface area contributed by atoms with Crippen molar-refractivity contribution in [1.82, 2.24) is 19.5 Å². The van der Waals surface area contributed by atoms with Crippen molar-refractivity contribution in [3.63, 3.8) is 0 Å². The van der Waals surface area contributed by atoms with Crippen molar-refractivity contribution in [2.45, 2.75) is 18.8 Å². The van der Waals surface area contributed by atoms with E-state index in [4.69, 9.17) is 16.3 Å². The number of carbonyl (C=O) groups excluding carboxylic acids is 1. The first kappa shape index (κ1) is 16.8. The zero-order chi connectivity index (χ0) is 17.9. The minimum atomic E-state index is -0.0153. The van der Waals surface area contributed by atoms with Gasteiger partial charge in [0.1, 0.15) is 11.6 Å². The molecule has 4 rings (SSSR count). The summed E-state index contributed by atoms with van der Waals surface area (Å²) in [7, 11) is 0. The van der Waals surface area contributed by atoms with Crippen molar-refractivity contribution >= 4 is 23.2 Å². The average Bonchev–Trinajstić information content (AvgIpc) is 3.11. The minimum Gasteiger partial charge on any atom is -0.484 e. The molecule has 134 valence electrons. The monoisotopic (exact) mass is 370 g/mol. The molecule has 0 unspecified atom stereocenters. The van der Waals surface area contributed by atoms with Crippen LogP contribution in [0.5, 0.6) is 5.75 Å². The number of fused-ring (bicyclic) bond motifs is 1. The van der Waals surface area contributed by atoms with E-state index in [9.17, 15) is 4.79 Å². The molecule has 1 aromatic carbocycles. The quantitative estimate of drug-likeness (QED) is 0.707. The summed E-state index contributed by atoms with van der Waals surface area (Å²) in [5.74, 6) is 1.72. The number of piperidine rings is 1. The van der Waals surface area contributed by atoms with Gasteiger partial charge in [0.05, 0.1) is 0 Å². The summed E-state index contributed by atoms with van der Waals surface area (Å²) in [4.78, 5) is 14.4. The number of likely N-dealkylation sites (tertiary alicyclic amines) is 1. The van der Waals surface area contributed by atoms with Crippen LogP contribution in [0.1, 0.15) is 24.6 Å². The number of halogens is 1. The third-order valence-electron chi connectivity index (χ3n) is 4.66. The van der Waals surface area contributed by atoms with Crippen LogP contribution < -0.4 is 4.74 Å². The first-order valence-electron chi connectivity index (χ1n) is 8.66. The highest BCUT2D eigenvalue weighted by Gasteiger charge is 2.28. The van der Waals surface area contributed by atoms with E-state index in [2.05, 4.69) is 10.2 Å². The molecule has 0 spiro atoms. The van der Waals surface area contributed by atoms with E-state index in [0.717, 1.165) is 30.9 Å². The van der Waals surface area contributed by atoms with Gasteiger partial charge in [0, 0.05) is 30.2 Å². The number of hydrogen-bond donors (Lipinski definition) is 0. The Balaban J connectivity index is 1.41. The SMILES string of the molecule is O=C(COc1ccc(Cl)cc1)N1CCC[C@H](c2nnc3ccccn23)C1. The molecule has 1 atom stereocenters. The third kappa shape index (κ3) is 3.51. The zero-order valence-electron chi connectivity index (χ0n) is 14.2. The molecule has 1 aliphatic rings. The Morgan fingerprint density at radius 3 is 2.88 bits per heavy atom. The van der Waals surface area contributed by atoms with Crippen molar-refractivity contribution in [1.29, 1.82) is 0 Å². The maximum atomic E-state index is 12.5. The van der Waals surface area contributed by atoms with Gasteiger partial charge in [0.25, 0.3) is 5.91 Å². The number of rotatable bonds is 4. The maximum Gasteiger partial charge on any atom is 0.260 e. The van der Waals surface area contributed by atoms with Crippen LogP contribution in [-0.2, 0) is 4.79 Å². The zero-order valence-corrected chi connectivity index (χ0v) is 15.0. The number of benzene rings is 1. The molecule has 0 radical (unpaired) electrons. The lowest BCUT2D eigenvalue weighted by molar-refractivity contribution is -0.134. The molecule has 0 aliphatic carbocycles. The predicted molar refractivity (Wildman–Crippen MR) is 98.5 cm³/mol.